The van der Waals surface area contributed by atoms with E-state index in [0.29, 0.717) is 4.47 Å². The van der Waals surface area contributed by atoms with Crippen LogP contribution in [0.4, 0.5) is 5.82 Å². The molecule has 1 aromatic heterocycles. The first-order chi connectivity index (χ1) is 7.61. The highest BCUT2D eigenvalue weighted by Crippen LogP contribution is 2.28. The second kappa shape index (κ2) is 4.39. The van der Waals surface area contributed by atoms with Crippen LogP contribution in [0.2, 0.25) is 0 Å². The third-order valence-corrected chi connectivity index (χ3v) is 3.13. The van der Waals surface area contributed by atoms with Gasteiger partial charge in [-0.1, -0.05) is 0 Å². The van der Waals surface area contributed by atoms with Crippen LogP contribution >= 0.6 is 15.9 Å². The van der Waals surface area contributed by atoms with Crippen LogP contribution in [0.3, 0.4) is 0 Å². The van der Waals surface area contributed by atoms with Gasteiger partial charge in [-0.05, 0) is 22.0 Å². The number of ether oxygens (including phenoxy) is 1. The van der Waals surface area contributed by atoms with Gasteiger partial charge in [-0.3, -0.25) is 0 Å². The maximum absolute atomic E-state index is 10.7. The molecule has 0 saturated carbocycles. The number of aromatic nitrogens is 1. The summed E-state index contributed by atoms with van der Waals surface area (Å²) in [5, 5.41) is 8.80. The fourth-order valence-electron chi connectivity index (χ4n) is 1.54. The fraction of sp³-hybridized carbons (Fsp3) is 0.400. The number of rotatable bonds is 3. The molecule has 5 nitrogen and oxygen atoms in total. The van der Waals surface area contributed by atoms with Crippen LogP contribution in [0, 0.1) is 0 Å². The molecule has 0 amide bonds. The standard InChI is InChI=1S/C10H11BrN2O3/c1-16-7-4-13(5-7)9-8(11)2-6(3-12-9)10(14)15/h2-3,7H,4-5H2,1H3,(H,14,15). The smallest absolute Gasteiger partial charge is 0.337 e. The van der Waals surface area contributed by atoms with Crippen LogP contribution < -0.4 is 4.90 Å². The van der Waals surface area contributed by atoms with E-state index in [-0.39, 0.29) is 11.7 Å². The molecule has 16 heavy (non-hydrogen) atoms. The highest BCUT2D eigenvalue weighted by Gasteiger charge is 2.28. The first-order valence-corrected chi connectivity index (χ1v) is 5.57. The average molecular weight is 287 g/mol. The Kier molecular flexibility index (Phi) is 3.11. The molecule has 86 valence electrons. The van der Waals surface area contributed by atoms with Gasteiger partial charge in [-0.15, -0.1) is 0 Å². The lowest BCUT2D eigenvalue weighted by molar-refractivity contribution is 0.0695. The van der Waals surface area contributed by atoms with Gasteiger partial charge in [0.15, 0.2) is 0 Å². The zero-order chi connectivity index (χ0) is 11.7. The second-order valence-corrected chi connectivity index (χ2v) is 4.45. The Morgan fingerprint density at radius 3 is 2.88 bits per heavy atom. The number of nitrogens with zero attached hydrogens (tertiary/aromatic N) is 2. The van der Waals surface area contributed by atoms with Crippen molar-refractivity contribution in [1.29, 1.82) is 0 Å². The Bertz CT molecular complexity index is 419. The summed E-state index contributed by atoms with van der Waals surface area (Å²) in [6.45, 7) is 1.57. The van der Waals surface area contributed by atoms with Crippen LogP contribution in [0.25, 0.3) is 0 Å². The number of hydrogen-bond acceptors (Lipinski definition) is 4. The molecule has 0 atom stereocenters. The minimum Gasteiger partial charge on any atom is -0.478 e. The third-order valence-electron chi connectivity index (χ3n) is 2.55. The summed E-state index contributed by atoms with van der Waals surface area (Å²) in [6.07, 6.45) is 1.61. The number of pyridine rings is 1. The van der Waals surface area contributed by atoms with Gasteiger partial charge in [0.1, 0.15) is 5.82 Å². The summed E-state index contributed by atoms with van der Waals surface area (Å²) in [6, 6.07) is 1.56. The molecule has 0 unspecified atom stereocenters. The van der Waals surface area contributed by atoms with Crippen LogP contribution in [-0.4, -0.2) is 42.4 Å². The van der Waals surface area contributed by atoms with E-state index >= 15 is 0 Å². The number of hydrogen-bond donors (Lipinski definition) is 1. The Morgan fingerprint density at radius 1 is 1.69 bits per heavy atom. The summed E-state index contributed by atoms with van der Waals surface area (Å²) in [4.78, 5) is 16.9. The molecule has 0 aliphatic carbocycles. The highest BCUT2D eigenvalue weighted by molar-refractivity contribution is 9.10. The van der Waals surface area contributed by atoms with Crippen molar-refractivity contribution in [2.45, 2.75) is 6.10 Å². The lowest BCUT2D eigenvalue weighted by Crippen LogP contribution is -2.52. The summed E-state index contributed by atoms with van der Waals surface area (Å²) in [5.41, 5.74) is 0.180. The molecule has 6 heteroatoms. The molecule has 0 bridgehead atoms. The number of anilines is 1. The Balaban J connectivity index is 2.15. The van der Waals surface area contributed by atoms with E-state index in [1.165, 1.54) is 6.20 Å². The fourth-order valence-corrected chi connectivity index (χ4v) is 2.14. The van der Waals surface area contributed by atoms with Gasteiger partial charge in [0, 0.05) is 26.4 Å². The van der Waals surface area contributed by atoms with Crippen LogP contribution in [-0.2, 0) is 4.74 Å². The molecule has 1 saturated heterocycles. The Morgan fingerprint density at radius 2 is 2.38 bits per heavy atom. The van der Waals surface area contributed by atoms with E-state index in [9.17, 15) is 4.79 Å². The number of halogens is 1. The molecule has 1 N–H and O–H groups in total. The quantitative estimate of drug-likeness (QED) is 0.910. The molecule has 1 aliphatic heterocycles. The average Bonchev–Trinajstić information content (AvgIpc) is 2.18. The van der Waals surface area contributed by atoms with Crippen molar-refractivity contribution in [1.82, 2.24) is 4.98 Å². The van der Waals surface area contributed by atoms with Gasteiger partial charge in [0.25, 0.3) is 0 Å². The van der Waals surface area contributed by atoms with Crippen molar-refractivity contribution in [2.75, 3.05) is 25.1 Å². The molecule has 0 aromatic carbocycles. The van der Waals surface area contributed by atoms with E-state index in [4.69, 9.17) is 9.84 Å². The molecular weight excluding hydrogens is 276 g/mol. The monoisotopic (exact) mass is 286 g/mol. The topological polar surface area (TPSA) is 62.7 Å². The largest absolute Gasteiger partial charge is 0.478 e. The number of methoxy groups -OCH3 is 1. The van der Waals surface area contributed by atoms with Gasteiger partial charge >= 0.3 is 5.97 Å². The van der Waals surface area contributed by atoms with E-state index in [0.717, 1.165) is 18.9 Å². The van der Waals surface area contributed by atoms with E-state index < -0.39 is 5.97 Å². The maximum Gasteiger partial charge on any atom is 0.337 e. The van der Waals surface area contributed by atoms with Gasteiger partial charge < -0.3 is 14.7 Å². The predicted octanol–water partition coefficient (Wildman–Crippen LogP) is 1.38. The molecule has 1 aliphatic rings. The van der Waals surface area contributed by atoms with E-state index in [1.807, 2.05) is 4.90 Å². The lowest BCUT2D eigenvalue weighted by Gasteiger charge is -2.39. The highest BCUT2D eigenvalue weighted by atomic mass is 79.9. The number of carboxylic acid groups (broad SMARTS) is 1. The zero-order valence-corrected chi connectivity index (χ0v) is 10.3. The van der Waals surface area contributed by atoms with Crippen molar-refractivity contribution >= 4 is 27.7 Å². The lowest BCUT2D eigenvalue weighted by atomic mass is 10.1. The third kappa shape index (κ3) is 2.03. The molecule has 2 heterocycles. The van der Waals surface area contributed by atoms with Crippen LogP contribution in [0.5, 0.6) is 0 Å². The SMILES string of the molecule is COC1CN(c2ncc(C(=O)O)cc2Br)C1. The number of aromatic carboxylic acids is 1. The first-order valence-electron chi connectivity index (χ1n) is 4.78. The minimum absolute atomic E-state index is 0.180. The maximum atomic E-state index is 10.7. The van der Waals surface area contributed by atoms with Gasteiger partial charge in [-0.2, -0.15) is 0 Å². The Labute approximate surface area is 101 Å². The molecule has 2 rings (SSSR count). The van der Waals surface area contributed by atoms with Gasteiger partial charge in [-0.25, -0.2) is 9.78 Å². The molecule has 0 spiro atoms. The molecular formula is C10H11BrN2O3. The number of carboxylic acids is 1. The van der Waals surface area contributed by atoms with Crippen molar-refractivity contribution in [3.8, 4) is 0 Å². The first kappa shape index (κ1) is 11.3. The van der Waals surface area contributed by atoms with Gasteiger partial charge in [0.2, 0.25) is 0 Å². The minimum atomic E-state index is -0.974. The number of carbonyl (C=O) groups is 1. The zero-order valence-electron chi connectivity index (χ0n) is 8.68. The van der Waals surface area contributed by atoms with E-state index in [2.05, 4.69) is 20.9 Å². The van der Waals surface area contributed by atoms with E-state index in [1.54, 1.807) is 13.2 Å². The van der Waals surface area contributed by atoms with Crippen molar-refractivity contribution in [3.63, 3.8) is 0 Å². The molecule has 0 radical (unpaired) electrons. The Hall–Kier alpha value is -1.14. The summed E-state index contributed by atoms with van der Waals surface area (Å²) in [7, 11) is 1.68. The second-order valence-electron chi connectivity index (χ2n) is 3.60. The van der Waals surface area contributed by atoms with Crippen molar-refractivity contribution < 1.29 is 14.6 Å². The van der Waals surface area contributed by atoms with Crippen LogP contribution in [0.15, 0.2) is 16.7 Å². The van der Waals surface area contributed by atoms with Gasteiger partial charge in [0.05, 0.1) is 16.1 Å². The van der Waals surface area contributed by atoms with Crippen molar-refractivity contribution in [3.05, 3.63) is 22.3 Å². The summed E-state index contributed by atoms with van der Waals surface area (Å²) in [5.74, 6) is -0.212. The predicted molar refractivity (Wildman–Crippen MR) is 61.9 cm³/mol. The summed E-state index contributed by atoms with van der Waals surface area (Å²) < 4.78 is 5.86. The van der Waals surface area contributed by atoms with Crippen molar-refractivity contribution in [2.24, 2.45) is 0 Å². The molecule has 1 aromatic rings. The molecule has 1 fully saturated rings. The van der Waals surface area contributed by atoms with Crippen LogP contribution in [0.1, 0.15) is 10.4 Å². The normalized spacial score (nSPS) is 16.0. The summed E-state index contributed by atoms with van der Waals surface area (Å²) >= 11 is 3.32.